The van der Waals surface area contributed by atoms with Gasteiger partial charge in [-0.05, 0) is 50.1 Å². The van der Waals surface area contributed by atoms with Crippen LogP contribution >= 0.6 is 11.6 Å². The standard InChI is InChI=1S/C16H17ClN2O3S/c1-10-6-11(2)16(12(3)7-10)23(21,22)19-18-9-13-8-14(17)4-5-15(13)20/h4-9,19-20H,1-3H3/b18-9+. The Labute approximate surface area is 140 Å². The average Bonchev–Trinajstić information content (AvgIpc) is 2.41. The summed E-state index contributed by atoms with van der Waals surface area (Å²) in [7, 11) is -3.79. The number of hydrogen-bond donors (Lipinski definition) is 2. The molecule has 0 unspecified atom stereocenters. The molecular weight excluding hydrogens is 336 g/mol. The van der Waals surface area contributed by atoms with E-state index in [4.69, 9.17) is 11.6 Å². The van der Waals surface area contributed by atoms with Crippen LogP contribution in [0.4, 0.5) is 0 Å². The van der Waals surface area contributed by atoms with E-state index in [0.717, 1.165) is 5.56 Å². The van der Waals surface area contributed by atoms with Crippen LogP contribution in [0.3, 0.4) is 0 Å². The maximum Gasteiger partial charge on any atom is 0.277 e. The molecule has 0 saturated carbocycles. The molecule has 0 amide bonds. The van der Waals surface area contributed by atoms with E-state index in [0.29, 0.717) is 21.7 Å². The first-order valence-corrected chi connectivity index (χ1v) is 8.68. The summed E-state index contributed by atoms with van der Waals surface area (Å²) in [5.74, 6) is -0.0416. The second kappa shape index (κ2) is 6.60. The van der Waals surface area contributed by atoms with Crippen molar-refractivity contribution in [3.05, 3.63) is 57.6 Å². The molecule has 0 spiro atoms. The molecule has 0 bridgehead atoms. The minimum atomic E-state index is -3.79. The third-order valence-electron chi connectivity index (χ3n) is 3.24. The molecule has 2 rings (SSSR count). The fourth-order valence-electron chi connectivity index (χ4n) is 2.43. The summed E-state index contributed by atoms with van der Waals surface area (Å²) in [6.45, 7) is 5.38. The molecule has 0 radical (unpaired) electrons. The van der Waals surface area contributed by atoms with Gasteiger partial charge in [-0.25, -0.2) is 4.83 Å². The van der Waals surface area contributed by atoms with Gasteiger partial charge in [0.25, 0.3) is 10.0 Å². The maximum absolute atomic E-state index is 12.4. The zero-order valence-electron chi connectivity index (χ0n) is 13.0. The molecule has 5 nitrogen and oxygen atoms in total. The Morgan fingerprint density at radius 1 is 1.13 bits per heavy atom. The molecule has 122 valence electrons. The van der Waals surface area contributed by atoms with Gasteiger partial charge < -0.3 is 5.11 Å². The molecule has 0 atom stereocenters. The Bertz CT molecular complexity index is 854. The summed E-state index contributed by atoms with van der Waals surface area (Å²) in [5.41, 5.74) is 2.61. The van der Waals surface area contributed by atoms with E-state index in [9.17, 15) is 13.5 Å². The summed E-state index contributed by atoms with van der Waals surface area (Å²) < 4.78 is 24.8. The minimum absolute atomic E-state index is 0.0416. The van der Waals surface area contributed by atoms with Gasteiger partial charge in [-0.15, -0.1) is 0 Å². The number of halogens is 1. The molecule has 0 aromatic heterocycles. The molecule has 0 fully saturated rings. The second-order valence-electron chi connectivity index (χ2n) is 5.28. The highest BCUT2D eigenvalue weighted by molar-refractivity contribution is 7.89. The van der Waals surface area contributed by atoms with Crippen molar-refractivity contribution >= 4 is 27.8 Å². The summed E-state index contributed by atoms with van der Waals surface area (Å²) in [5, 5.41) is 13.8. The molecule has 7 heteroatoms. The number of sulfonamides is 1. The van der Waals surface area contributed by atoms with E-state index < -0.39 is 10.0 Å². The number of rotatable bonds is 4. The molecular formula is C16H17ClN2O3S. The van der Waals surface area contributed by atoms with Crippen molar-refractivity contribution < 1.29 is 13.5 Å². The summed E-state index contributed by atoms with van der Waals surface area (Å²) in [4.78, 5) is 2.36. The Hall–Kier alpha value is -2.05. The molecule has 23 heavy (non-hydrogen) atoms. The lowest BCUT2D eigenvalue weighted by molar-refractivity contribution is 0.474. The molecule has 0 saturated heterocycles. The van der Waals surface area contributed by atoms with Gasteiger partial charge in [-0.1, -0.05) is 29.3 Å². The number of benzene rings is 2. The van der Waals surface area contributed by atoms with Crippen molar-refractivity contribution in [3.8, 4) is 5.75 Å². The second-order valence-corrected chi connectivity index (χ2v) is 7.32. The lowest BCUT2D eigenvalue weighted by Crippen LogP contribution is -2.20. The van der Waals surface area contributed by atoms with E-state index in [-0.39, 0.29) is 10.6 Å². The summed E-state index contributed by atoms with van der Waals surface area (Å²) >= 11 is 5.83. The van der Waals surface area contributed by atoms with E-state index in [1.807, 2.05) is 6.92 Å². The van der Waals surface area contributed by atoms with Crippen LogP contribution in [0.1, 0.15) is 22.3 Å². The number of nitrogens with one attached hydrogen (secondary N) is 1. The van der Waals surface area contributed by atoms with Gasteiger partial charge in [0.1, 0.15) is 5.75 Å². The number of phenolic OH excluding ortho intramolecular Hbond substituents is 1. The lowest BCUT2D eigenvalue weighted by Gasteiger charge is -2.11. The predicted octanol–water partition coefficient (Wildman–Crippen LogP) is 3.28. The molecule has 0 aliphatic heterocycles. The molecule has 2 N–H and O–H groups in total. The van der Waals surface area contributed by atoms with Crippen LogP contribution in [-0.2, 0) is 10.0 Å². The molecule has 0 aliphatic rings. The Balaban J connectivity index is 2.29. The van der Waals surface area contributed by atoms with Crippen LogP contribution in [0, 0.1) is 20.8 Å². The van der Waals surface area contributed by atoms with Crippen LogP contribution in [-0.4, -0.2) is 19.7 Å². The Morgan fingerprint density at radius 3 is 2.35 bits per heavy atom. The largest absolute Gasteiger partial charge is 0.507 e. The molecule has 2 aromatic rings. The highest BCUT2D eigenvalue weighted by Crippen LogP contribution is 2.22. The van der Waals surface area contributed by atoms with Crippen LogP contribution in [0.2, 0.25) is 5.02 Å². The fraction of sp³-hybridized carbons (Fsp3) is 0.188. The normalized spacial score (nSPS) is 11.8. The van der Waals surface area contributed by atoms with E-state index in [2.05, 4.69) is 9.93 Å². The maximum atomic E-state index is 12.4. The van der Waals surface area contributed by atoms with Gasteiger partial charge in [-0.2, -0.15) is 13.5 Å². The van der Waals surface area contributed by atoms with Gasteiger partial charge in [-0.3, -0.25) is 0 Å². The van der Waals surface area contributed by atoms with Gasteiger partial charge in [0.15, 0.2) is 0 Å². The number of nitrogens with zero attached hydrogens (tertiary/aromatic N) is 1. The number of aryl methyl sites for hydroxylation is 3. The third kappa shape index (κ3) is 4.03. The van der Waals surface area contributed by atoms with Crippen molar-refractivity contribution in [2.45, 2.75) is 25.7 Å². The van der Waals surface area contributed by atoms with Crippen LogP contribution < -0.4 is 4.83 Å². The van der Waals surface area contributed by atoms with Gasteiger partial charge in [0.2, 0.25) is 0 Å². The zero-order chi connectivity index (χ0) is 17.2. The quantitative estimate of drug-likeness (QED) is 0.654. The minimum Gasteiger partial charge on any atom is -0.507 e. The van der Waals surface area contributed by atoms with Gasteiger partial charge in [0.05, 0.1) is 11.1 Å². The van der Waals surface area contributed by atoms with Crippen molar-refractivity contribution in [1.29, 1.82) is 0 Å². The SMILES string of the molecule is Cc1cc(C)c(S(=O)(=O)N/N=C/c2cc(Cl)ccc2O)c(C)c1. The molecule has 2 aromatic carbocycles. The topological polar surface area (TPSA) is 78.8 Å². The van der Waals surface area contributed by atoms with E-state index in [1.165, 1.54) is 24.4 Å². The number of phenols is 1. The monoisotopic (exact) mass is 352 g/mol. The summed E-state index contributed by atoms with van der Waals surface area (Å²) in [6, 6.07) is 8.02. The summed E-state index contributed by atoms with van der Waals surface area (Å²) in [6.07, 6.45) is 1.21. The first-order chi connectivity index (χ1) is 10.7. The van der Waals surface area contributed by atoms with Crippen LogP contribution in [0.25, 0.3) is 0 Å². The van der Waals surface area contributed by atoms with Crippen LogP contribution in [0.15, 0.2) is 40.3 Å². The van der Waals surface area contributed by atoms with E-state index >= 15 is 0 Å². The van der Waals surface area contributed by atoms with Crippen molar-refractivity contribution in [2.75, 3.05) is 0 Å². The number of hydrogen-bond acceptors (Lipinski definition) is 4. The first-order valence-electron chi connectivity index (χ1n) is 6.82. The highest BCUT2D eigenvalue weighted by Gasteiger charge is 2.19. The molecule has 0 heterocycles. The van der Waals surface area contributed by atoms with Gasteiger partial charge >= 0.3 is 0 Å². The third-order valence-corrected chi connectivity index (χ3v) is 5.00. The average molecular weight is 353 g/mol. The Morgan fingerprint density at radius 2 is 1.74 bits per heavy atom. The van der Waals surface area contributed by atoms with E-state index in [1.54, 1.807) is 26.0 Å². The van der Waals surface area contributed by atoms with Crippen molar-refractivity contribution in [1.82, 2.24) is 4.83 Å². The first kappa shape index (κ1) is 17.3. The van der Waals surface area contributed by atoms with Crippen LogP contribution in [0.5, 0.6) is 5.75 Å². The van der Waals surface area contributed by atoms with Gasteiger partial charge in [0, 0.05) is 10.6 Å². The van der Waals surface area contributed by atoms with Crippen molar-refractivity contribution in [2.24, 2.45) is 5.10 Å². The number of hydrazone groups is 1. The fourth-order valence-corrected chi connectivity index (χ4v) is 3.86. The number of aromatic hydroxyl groups is 1. The smallest absolute Gasteiger partial charge is 0.277 e. The predicted molar refractivity (Wildman–Crippen MR) is 91.7 cm³/mol. The molecule has 0 aliphatic carbocycles. The Kier molecular flexibility index (Phi) is 4.97. The zero-order valence-corrected chi connectivity index (χ0v) is 14.5. The lowest BCUT2D eigenvalue weighted by atomic mass is 10.1. The highest BCUT2D eigenvalue weighted by atomic mass is 35.5. The van der Waals surface area contributed by atoms with Crippen molar-refractivity contribution in [3.63, 3.8) is 0 Å².